The first-order valence-electron chi connectivity index (χ1n) is 5.32. The Morgan fingerprint density at radius 2 is 2.20 bits per heavy atom. The lowest BCUT2D eigenvalue weighted by molar-refractivity contribution is 0.393. The standard InChI is InChI=1S/C11H18N2S2/c1-7-5-11(12-4,6-14-7)10-13-8(2)9(3)15-10/h7,12H,5-6H2,1-4H3. The van der Waals surface area contributed by atoms with Gasteiger partial charge < -0.3 is 5.32 Å². The number of hydrogen-bond donors (Lipinski definition) is 1. The topological polar surface area (TPSA) is 24.9 Å². The second-order valence-electron chi connectivity index (χ2n) is 4.32. The Morgan fingerprint density at radius 3 is 2.60 bits per heavy atom. The highest BCUT2D eigenvalue weighted by Gasteiger charge is 2.40. The maximum absolute atomic E-state index is 4.71. The first kappa shape index (κ1) is 11.4. The molecule has 0 amide bonds. The number of nitrogens with one attached hydrogen (secondary N) is 1. The van der Waals surface area contributed by atoms with E-state index in [1.165, 1.54) is 22.0 Å². The van der Waals surface area contributed by atoms with Crippen LogP contribution in [0.2, 0.25) is 0 Å². The van der Waals surface area contributed by atoms with Crippen LogP contribution in [0, 0.1) is 13.8 Å². The smallest absolute Gasteiger partial charge is 0.114 e. The number of hydrogen-bond acceptors (Lipinski definition) is 4. The predicted molar refractivity (Wildman–Crippen MR) is 68.9 cm³/mol. The highest BCUT2D eigenvalue weighted by Crippen LogP contribution is 2.42. The van der Waals surface area contributed by atoms with Gasteiger partial charge in [0.25, 0.3) is 0 Å². The van der Waals surface area contributed by atoms with Crippen LogP contribution in [-0.2, 0) is 5.54 Å². The molecule has 15 heavy (non-hydrogen) atoms. The molecule has 2 atom stereocenters. The van der Waals surface area contributed by atoms with Crippen LogP contribution in [0.3, 0.4) is 0 Å². The second kappa shape index (κ2) is 4.07. The lowest BCUT2D eigenvalue weighted by Crippen LogP contribution is -2.40. The van der Waals surface area contributed by atoms with Crippen molar-refractivity contribution in [3.63, 3.8) is 0 Å². The van der Waals surface area contributed by atoms with Crippen LogP contribution >= 0.6 is 23.1 Å². The molecule has 2 heterocycles. The van der Waals surface area contributed by atoms with Gasteiger partial charge in [-0.15, -0.1) is 11.3 Å². The van der Waals surface area contributed by atoms with Gasteiger partial charge in [0.15, 0.2) is 0 Å². The van der Waals surface area contributed by atoms with Gasteiger partial charge >= 0.3 is 0 Å². The molecule has 2 rings (SSSR count). The molecule has 0 bridgehead atoms. The molecule has 1 aliphatic heterocycles. The lowest BCUT2D eigenvalue weighted by Gasteiger charge is -2.25. The number of rotatable bonds is 2. The second-order valence-corrected chi connectivity index (χ2v) is 6.95. The normalized spacial score (nSPS) is 31.1. The van der Waals surface area contributed by atoms with Crippen molar-refractivity contribution in [1.29, 1.82) is 0 Å². The Labute approximate surface area is 99.9 Å². The predicted octanol–water partition coefficient (Wildman–Crippen LogP) is 2.70. The molecule has 0 radical (unpaired) electrons. The van der Waals surface area contributed by atoms with E-state index in [0.29, 0.717) is 0 Å². The van der Waals surface area contributed by atoms with Crippen molar-refractivity contribution in [2.24, 2.45) is 0 Å². The van der Waals surface area contributed by atoms with Crippen LogP contribution in [0.15, 0.2) is 0 Å². The number of aryl methyl sites for hydroxylation is 2. The summed E-state index contributed by atoms with van der Waals surface area (Å²) in [6.07, 6.45) is 1.19. The minimum atomic E-state index is 0.133. The summed E-state index contributed by atoms with van der Waals surface area (Å²) < 4.78 is 0. The van der Waals surface area contributed by atoms with Crippen LogP contribution in [0.5, 0.6) is 0 Å². The summed E-state index contributed by atoms with van der Waals surface area (Å²) in [4.78, 5) is 6.06. The molecular weight excluding hydrogens is 224 g/mol. The van der Waals surface area contributed by atoms with E-state index in [4.69, 9.17) is 4.98 Å². The molecule has 0 spiro atoms. The van der Waals surface area contributed by atoms with Crippen molar-refractivity contribution in [1.82, 2.24) is 10.3 Å². The molecule has 2 unspecified atom stereocenters. The van der Waals surface area contributed by atoms with E-state index in [1.807, 2.05) is 23.1 Å². The van der Waals surface area contributed by atoms with Gasteiger partial charge in [-0.05, 0) is 27.3 Å². The van der Waals surface area contributed by atoms with E-state index in [0.717, 1.165) is 11.0 Å². The Bertz CT molecular complexity index is 342. The highest BCUT2D eigenvalue weighted by atomic mass is 32.2. The number of nitrogens with zero attached hydrogens (tertiary/aromatic N) is 1. The van der Waals surface area contributed by atoms with E-state index in [-0.39, 0.29) is 5.54 Å². The van der Waals surface area contributed by atoms with Gasteiger partial charge in [0.1, 0.15) is 5.01 Å². The van der Waals surface area contributed by atoms with Gasteiger partial charge in [-0.2, -0.15) is 11.8 Å². The Kier molecular flexibility index (Phi) is 3.10. The molecule has 1 fully saturated rings. The average molecular weight is 242 g/mol. The number of thiazole rings is 1. The van der Waals surface area contributed by atoms with Crippen LogP contribution in [-0.4, -0.2) is 23.0 Å². The first-order chi connectivity index (χ1) is 7.07. The van der Waals surface area contributed by atoms with Gasteiger partial charge in [-0.1, -0.05) is 6.92 Å². The number of aromatic nitrogens is 1. The molecule has 0 aliphatic carbocycles. The van der Waals surface area contributed by atoms with Crippen molar-refractivity contribution >= 4 is 23.1 Å². The maximum atomic E-state index is 4.71. The summed E-state index contributed by atoms with van der Waals surface area (Å²) in [6, 6.07) is 0. The summed E-state index contributed by atoms with van der Waals surface area (Å²) in [6.45, 7) is 6.56. The van der Waals surface area contributed by atoms with Crippen molar-refractivity contribution in [3.8, 4) is 0 Å². The SMILES string of the molecule is CNC1(c2nc(C)c(C)s2)CSC(C)C1. The Balaban J connectivity index is 2.34. The van der Waals surface area contributed by atoms with E-state index in [9.17, 15) is 0 Å². The third-order valence-corrected chi connectivity index (χ3v) is 5.84. The van der Waals surface area contributed by atoms with Crippen LogP contribution in [0.25, 0.3) is 0 Å². The summed E-state index contributed by atoms with van der Waals surface area (Å²) in [7, 11) is 2.06. The van der Waals surface area contributed by atoms with Crippen molar-refractivity contribution in [3.05, 3.63) is 15.6 Å². The molecule has 0 saturated carbocycles. The van der Waals surface area contributed by atoms with Gasteiger partial charge in [0.05, 0.1) is 11.2 Å². The summed E-state index contributed by atoms with van der Waals surface area (Å²) in [5.74, 6) is 1.15. The van der Waals surface area contributed by atoms with E-state index >= 15 is 0 Å². The zero-order valence-electron chi connectivity index (χ0n) is 9.76. The van der Waals surface area contributed by atoms with E-state index < -0.39 is 0 Å². The van der Waals surface area contributed by atoms with Crippen LogP contribution < -0.4 is 5.32 Å². The fourth-order valence-electron chi connectivity index (χ4n) is 2.00. The molecule has 1 aromatic rings. The minimum Gasteiger partial charge on any atom is -0.308 e. The van der Waals surface area contributed by atoms with Gasteiger partial charge in [0, 0.05) is 15.9 Å². The summed E-state index contributed by atoms with van der Waals surface area (Å²) >= 11 is 3.89. The number of thioether (sulfide) groups is 1. The fraction of sp³-hybridized carbons (Fsp3) is 0.727. The zero-order valence-corrected chi connectivity index (χ0v) is 11.4. The first-order valence-corrected chi connectivity index (χ1v) is 7.19. The van der Waals surface area contributed by atoms with Gasteiger partial charge in [0.2, 0.25) is 0 Å². The highest BCUT2D eigenvalue weighted by molar-refractivity contribution is 8.00. The van der Waals surface area contributed by atoms with E-state index in [1.54, 1.807) is 0 Å². The zero-order chi connectivity index (χ0) is 11.1. The summed E-state index contributed by atoms with van der Waals surface area (Å²) in [5, 5.41) is 5.50. The Morgan fingerprint density at radius 1 is 1.47 bits per heavy atom. The molecule has 1 saturated heterocycles. The monoisotopic (exact) mass is 242 g/mol. The molecule has 4 heteroatoms. The quantitative estimate of drug-likeness (QED) is 0.863. The third-order valence-electron chi connectivity index (χ3n) is 3.17. The van der Waals surface area contributed by atoms with Crippen molar-refractivity contribution in [2.45, 2.75) is 38.0 Å². The lowest BCUT2D eigenvalue weighted by atomic mass is 9.97. The van der Waals surface area contributed by atoms with Crippen LogP contribution in [0.4, 0.5) is 0 Å². The molecule has 0 aromatic carbocycles. The van der Waals surface area contributed by atoms with Crippen LogP contribution in [0.1, 0.15) is 28.9 Å². The molecule has 1 aromatic heterocycles. The van der Waals surface area contributed by atoms with Gasteiger partial charge in [-0.25, -0.2) is 4.98 Å². The molecule has 2 nitrogen and oxygen atoms in total. The summed E-state index contributed by atoms with van der Waals surface area (Å²) in [5.41, 5.74) is 1.32. The fourth-order valence-corrected chi connectivity index (χ4v) is 4.58. The van der Waals surface area contributed by atoms with Gasteiger partial charge in [-0.3, -0.25) is 0 Å². The molecular formula is C11H18N2S2. The molecule has 1 aliphatic rings. The van der Waals surface area contributed by atoms with Crippen molar-refractivity contribution in [2.75, 3.05) is 12.8 Å². The maximum Gasteiger partial charge on any atom is 0.114 e. The van der Waals surface area contributed by atoms with E-state index in [2.05, 4.69) is 33.1 Å². The Hall–Kier alpha value is -0.0600. The van der Waals surface area contributed by atoms with Crippen molar-refractivity contribution < 1.29 is 0 Å². The molecule has 1 N–H and O–H groups in total. The molecule has 84 valence electrons. The minimum absolute atomic E-state index is 0.133. The third kappa shape index (κ3) is 1.95. The average Bonchev–Trinajstić information content (AvgIpc) is 2.73. The largest absolute Gasteiger partial charge is 0.308 e.